The van der Waals surface area contributed by atoms with Gasteiger partial charge in [0.1, 0.15) is 11.2 Å². The van der Waals surface area contributed by atoms with Crippen LogP contribution in [0.3, 0.4) is 0 Å². The minimum absolute atomic E-state index is 0.560. The van der Waals surface area contributed by atoms with Gasteiger partial charge in [-0.15, -0.1) is 0 Å². The Morgan fingerprint density at radius 1 is 0.313 bits per heavy atom. The van der Waals surface area contributed by atoms with E-state index in [1.165, 1.54) is 49.7 Å². The van der Waals surface area contributed by atoms with Gasteiger partial charge in [0, 0.05) is 27.6 Å². The summed E-state index contributed by atoms with van der Waals surface area (Å²) in [5.74, 6) is 0. The summed E-state index contributed by atoms with van der Waals surface area (Å²) in [6.07, 6.45) is 0. The maximum atomic E-state index is 6.44. The molecule has 1 aliphatic carbocycles. The second kappa shape index (κ2) is 15.8. The van der Waals surface area contributed by atoms with Crippen LogP contribution in [0.15, 0.2) is 265 Å². The number of anilines is 3. The Morgan fingerprint density at radius 2 is 0.896 bits per heavy atom. The molecule has 0 bridgehead atoms. The molecule has 0 unspecified atom stereocenters. The molecule has 0 saturated heterocycles. The van der Waals surface area contributed by atoms with E-state index in [0.29, 0.717) is 0 Å². The van der Waals surface area contributed by atoms with E-state index in [1.54, 1.807) is 0 Å². The third-order valence-corrected chi connectivity index (χ3v) is 13.9. The van der Waals surface area contributed by atoms with Gasteiger partial charge in [0.2, 0.25) is 0 Å². The molecule has 1 heterocycles. The topological polar surface area (TPSA) is 16.4 Å². The highest BCUT2D eigenvalue weighted by Gasteiger charge is 2.47. The first-order chi connectivity index (χ1) is 33.2. The number of para-hydroxylation sites is 1. The number of furan rings is 1. The van der Waals surface area contributed by atoms with Gasteiger partial charge in [0.05, 0.1) is 16.8 Å². The van der Waals surface area contributed by atoms with Crippen LogP contribution in [0.2, 0.25) is 0 Å². The van der Waals surface area contributed by atoms with Crippen molar-refractivity contribution in [1.82, 2.24) is 0 Å². The molecule has 2 heteroatoms. The van der Waals surface area contributed by atoms with Crippen LogP contribution in [0, 0.1) is 0 Å². The molecule has 0 radical (unpaired) electrons. The van der Waals surface area contributed by atoms with E-state index in [9.17, 15) is 0 Å². The van der Waals surface area contributed by atoms with Crippen LogP contribution in [0.4, 0.5) is 17.1 Å². The van der Waals surface area contributed by atoms with Gasteiger partial charge < -0.3 is 9.32 Å². The molecule has 0 N–H and O–H groups in total. The molecular formula is C65H43NO. The molecule has 2 nitrogen and oxygen atoms in total. The summed E-state index contributed by atoms with van der Waals surface area (Å²) in [5, 5.41) is 4.69. The van der Waals surface area contributed by atoms with Crippen LogP contribution in [-0.2, 0) is 5.41 Å². The maximum Gasteiger partial charge on any atom is 0.136 e. The summed E-state index contributed by atoms with van der Waals surface area (Å²) in [5.41, 5.74) is 18.7. The highest BCUT2D eigenvalue weighted by atomic mass is 16.3. The number of hydrogen-bond acceptors (Lipinski definition) is 2. The second-order valence-electron chi connectivity index (χ2n) is 17.6. The van der Waals surface area contributed by atoms with Gasteiger partial charge in [-0.1, -0.05) is 212 Å². The third kappa shape index (κ3) is 6.26. The largest absolute Gasteiger partial charge is 0.456 e. The lowest BCUT2D eigenvalue weighted by Gasteiger charge is -2.35. The smallest absolute Gasteiger partial charge is 0.136 e. The van der Waals surface area contributed by atoms with Gasteiger partial charge in [-0.2, -0.15) is 0 Å². The first kappa shape index (κ1) is 38.7. The Labute approximate surface area is 390 Å². The molecule has 0 atom stereocenters. The van der Waals surface area contributed by atoms with Gasteiger partial charge in [-0.3, -0.25) is 0 Å². The van der Waals surface area contributed by atoms with Crippen LogP contribution < -0.4 is 4.90 Å². The molecule has 11 aromatic carbocycles. The van der Waals surface area contributed by atoms with Crippen molar-refractivity contribution < 1.29 is 4.42 Å². The first-order valence-corrected chi connectivity index (χ1v) is 23.1. The van der Waals surface area contributed by atoms with E-state index in [-0.39, 0.29) is 0 Å². The van der Waals surface area contributed by atoms with Crippen molar-refractivity contribution >= 4 is 49.8 Å². The Morgan fingerprint density at radius 3 is 1.72 bits per heavy atom. The minimum Gasteiger partial charge on any atom is -0.456 e. The summed E-state index contributed by atoms with van der Waals surface area (Å²) < 4.78 is 6.44. The van der Waals surface area contributed by atoms with Gasteiger partial charge in [-0.25, -0.2) is 0 Å². The van der Waals surface area contributed by atoms with Gasteiger partial charge in [0.15, 0.2) is 0 Å². The van der Waals surface area contributed by atoms with Gasteiger partial charge >= 0.3 is 0 Å². The van der Waals surface area contributed by atoms with E-state index in [2.05, 4.69) is 254 Å². The third-order valence-electron chi connectivity index (χ3n) is 13.9. The van der Waals surface area contributed by atoms with Crippen molar-refractivity contribution in [3.63, 3.8) is 0 Å². The van der Waals surface area contributed by atoms with E-state index in [1.807, 2.05) is 12.1 Å². The van der Waals surface area contributed by atoms with Crippen molar-refractivity contribution in [3.8, 4) is 44.5 Å². The molecule has 0 aliphatic heterocycles. The van der Waals surface area contributed by atoms with Crippen molar-refractivity contribution in [1.29, 1.82) is 0 Å². The zero-order valence-electron chi connectivity index (χ0n) is 36.7. The summed E-state index contributed by atoms with van der Waals surface area (Å²) in [6, 6.07) is 95.4. The summed E-state index contributed by atoms with van der Waals surface area (Å²) >= 11 is 0. The van der Waals surface area contributed by atoms with Crippen LogP contribution in [-0.4, -0.2) is 0 Å². The molecule has 67 heavy (non-hydrogen) atoms. The Kier molecular flexibility index (Phi) is 9.11. The zero-order valence-corrected chi connectivity index (χ0v) is 36.7. The number of fused-ring (bicyclic) bond motifs is 7. The summed E-state index contributed by atoms with van der Waals surface area (Å²) in [7, 11) is 0. The Bertz CT molecular complexity index is 3770. The molecule has 12 aromatic rings. The quantitative estimate of drug-likeness (QED) is 0.151. The Balaban J connectivity index is 1.10. The number of nitrogens with zero attached hydrogens (tertiary/aromatic N) is 1. The second-order valence-corrected chi connectivity index (χ2v) is 17.6. The highest BCUT2D eigenvalue weighted by molar-refractivity contribution is 6.06. The summed E-state index contributed by atoms with van der Waals surface area (Å²) in [6.45, 7) is 0. The lowest BCUT2D eigenvalue weighted by Crippen LogP contribution is -2.28. The zero-order chi connectivity index (χ0) is 44.3. The van der Waals surface area contributed by atoms with E-state index >= 15 is 0 Å². The Hall–Kier alpha value is -8.72. The minimum atomic E-state index is -0.560. The van der Waals surface area contributed by atoms with Crippen LogP contribution in [0.25, 0.3) is 77.2 Å². The van der Waals surface area contributed by atoms with E-state index in [0.717, 1.165) is 66.8 Å². The van der Waals surface area contributed by atoms with E-state index in [4.69, 9.17) is 4.42 Å². The molecule has 314 valence electrons. The predicted octanol–water partition coefficient (Wildman–Crippen LogP) is 17.6. The first-order valence-electron chi connectivity index (χ1n) is 23.1. The van der Waals surface area contributed by atoms with E-state index < -0.39 is 5.41 Å². The normalized spacial score (nSPS) is 12.6. The fourth-order valence-corrected chi connectivity index (χ4v) is 10.9. The fourth-order valence-electron chi connectivity index (χ4n) is 10.9. The monoisotopic (exact) mass is 853 g/mol. The SMILES string of the molecule is c1ccc(-c2ccc(-c3ccc4ccccc4c3)cc2N(c2cccc(-c3ccc4c(c3)oc3ccccc34)c2)c2cccc3c2-c2ccccc2C3(c2ccccc2)c2ccccc2)cc1. The molecule has 1 aliphatic rings. The number of rotatable bonds is 8. The van der Waals surface area contributed by atoms with Gasteiger partial charge in [-0.05, 0) is 115 Å². The van der Waals surface area contributed by atoms with Crippen molar-refractivity contribution in [3.05, 3.63) is 283 Å². The lowest BCUT2D eigenvalue weighted by atomic mass is 9.68. The average Bonchev–Trinajstić information content (AvgIpc) is 3.93. The van der Waals surface area contributed by atoms with Crippen molar-refractivity contribution in [2.45, 2.75) is 5.41 Å². The van der Waals surface area contributed by atoms with Crippen LogP contribution in [0.1, 0.15) is 22.3 Å². The molecule has 0 spiro atoms. The van der Waals surface area contributed by atoms with Crippen LogP contribution in [0.5, 0.6) is 0 Å². The molecule has 0 fully saturated rings. The summed E-state index contributed by atoms with van der Waals surface area (Å²) in [4.78, 5) is 2.53. The standard InChI is InChI=1S/C65H43NO/c1-4-19-45(20-5-1)54-38-36-49(48-35-34-44-18-10-11-21-46(44)40-48)42-61(54)66(53-27-16-22-47(41-53)50-37-39-56-55-28-13-15-33-62(55)67-63(56)43-50)60-32-17-31-59-64(60)57-29-12-14-30-58(57)65(59,51-23-6-2-7-24-51)52-25-8-3-9-26-52/h1-43H. The number of benzene rings is 11. The van der Waals surface area contributed by atoms with Crippen molar-refractivity contribution in [2.75, 3.05) is 4.90 Å². The maximum absolute atomic E-state index is 6.44. The molecule has 13 rings (SSSR count). The molecule has 0 saturated carbocycles. The fraction of sp³-hybridized carbons (Fsp3) is 0.0154. The molecule has 1 aromatic heterocycles. The lowest BCUT2D eigenvalue weighted by molar-refractivity contribution is 0.669. The number of hydrogen-bond donors (Lipinski definition) is 0. The average molecular weight is 854 g/mol. The molecular weight excluding hydrogens is 811 g/mol. The molecule has 0 amide bonds. The highest BCUT2D eigenvalue weighted by Crippen LogP contribution is 2.60. The van der Waals surface area contributed by atoms with Gasteiger partial charge in [0.25, 0.3) is 0 Å². The predicted molar refractivity (Wildman–Crippen MR) is 280 cm³/mol. The van der Waals surface area contributed by atoms with Crippen LogP contribution >= 0.6 is 0 Å². The van der Waals surface area contributed by atoms with Crippen molar-refractivity contribution in [2.24, 2.45) is 0 Å².